The van der Waals surface area contributed by atoms with Gasteiger partial charge in [-0.1, -0.05) is 6.07 Å². The maximum atomic E-state index is 12.9. The number of likely N-dealkylation sites (N-methyl/N-ethyl adjacent to an activating group) is 1. The minimum atomic E-state index is -4.97. The molecule has 1 N–H and O–H groups in total. The Kier molecular flexibility index (Phi) is 6.65. The molecular formula is C18H17F6N3O. The van der Waals surface area contributed by atoms with E-state index in [1.54, 1.807) is 36.3 Å². The molecule has 10 heteroatoms. The second-order valence-corrected chi connectivity index (χ2v) is 6.15. The third-order valence-electron chi connectivity index (χ3n) is 3.76. The molecule has 0 spiro atoms. The molecule has 0 fully saturated rings. The molecule has 0 aliphatic heterocycles. The predicted octanol–water partition coefficient (Wildman–Crippen LogP) is 4.23. The summed E-state index contributed by atoms with van der Waals surface area (Å²) in [5.41, 5.74) is -2.74. The van der Waals surface area contributed by atoms with Crippen molar-refractivity contribution in [2.24, 2.45) is 0 Å². The molecule has 0 saturated carbocycles. The molecule has 1 aromatic heterocycles. The van der Waals surface area contributed by atoms with Crippen LogP contribution in [0.25, 0.3) is 0 Å². The van der Waals surface area contributed by atoms with E-state index in [-0.39, 0.29) is 12.6 Å². The summed E-state index contributed by atoms with van der Waals surface area (Å²) in [6.07, 6.45) is -7.79. The van der Waals surface area contributed by atoms with Crippen molar-refractivity contribution in [2.45, 2.75) is 18.8 Å². The van der Waals surface area contributed by atoms with Crippen LogP contribution < -0.4 is 5.32 Å². The summed E-state index contributed by atoms with van der Waals surface area (Å²) in [6, 6.07) is 6.32. The Bertz CT molecular complexity index is 773. The van der Waals surface area contributed by atoms with E-state index < -0.39 is 35.1 Å². The number of anilines is 1. The maximum absolute atomic E-state index is 12.9. The molecule has 1 amide bonds. The van der Waals surface area contributed by atoms with E-state index in [1.165, 1.54) is 0 Å². The highest BCUT2D eigenvalue weighted by atomic mass is 19.4. The summed E-state index contributed by atoms with van der Waals surface area (Å²) in [7, 11) is 1.61. The fraction of sp³-hybridized carbons (Fsp3) is 0.333. The number of rotatable bonds is 6. The highest BCUT2D eigenvalue weighted by Gasteiger charge is 2.37. The molecule has 152 valence electrons. The van der Waals surface area contributed by atoms with Crippen LogP contribution >= 0.6 is 0 Å². The molecule has 0 radical (unpaired) electrons. The maximum Gasteiger partial charge on any atom is 0.416 e. The Morgan fingerprint density at radius 1 is 1.04 bits per heavy atom. The number of halogens is 6. The summed E-state index contributed by atoms with van der Waals surface area (Å²) in [5, 5.41) is 2.10. The van der Waals surface area contributed by atoms with Gasteiger partial charge in [-0.2, -0.15) is 26.3 Å². The van der Waals surface area contributed by atoms with E-state index in [0.717, 1.165) is 5.69 Å². The molecule has 0 saturated heterocycles. The van der Waals surface area contributed by atoms with Crippen molar-refractivity contribution in [1.29, 1.82) is 0 Å². The lowest BCUT2D eigenvalue weighted by Gasteiger charge is -2.17. The molecule has 0 unspecified atom stereocenters. The number of amides is 1. The molecule has 1 aromatic carbocycles. The highest BCUT2D eigenvalue weighted by molar-refractivity contribution is 5.92. The normalized spacial score (nSPS) is 12.3. The Morgan fingerprint density at radius 3 is 2.14 bits per heavy atom. The Labute approximate surface area is 157 Å². The van der Waals surface area contributed by atoms with E-state index in [0.29, 0.717) is 25.1 Å². The van der Waals surface area contributed by atoms with E-state index in [9.17, 15) is 31.1 Å². The molecule has 0 aliphatic rings. The molecular weight excluding hydrogens is 388 g/mol. The van der Waals surface area contributed by atoms with E-state index in [4.69, 9.17) is 0 Å². The standard InChI is InChI=1S/C18H17F6N3O/c1-27(7-5-14-4-2-3-6-25-14)11-16(28)26-15-9-12(17(19,20)21)8-13(10-15)18(22,23)24/h2-4,6,8-10H,5,7,11H2,1H3,(H,26,28). The molecule has 4 nitrogen and oxygen atoms in total. The summed E-state index contributed by atoms with van der Waals surface area (Å²) in [6.45, 7) is 0.227. The second kappa shape index (κ2) is 8.59. The van der Waals surface area contributed by atoms with Crippen molar-refractivity contribution >= 4 is 11.6 Å². The smallest absolute Gasteiger partial charge is 0.325 e. The van der Waals surface area contributed by atoms with Crippen molar-refractivity contribution in [3.63, 3.8) is 0 Å². The topological polar surface area (TPSA) is 45.2 Å². The summed E-state index contributed by atoms with van der Waals surface area (Å²) < 4.78 is 77.1. The first-order chi connectivity index (χ1) is 12.9. The lowest BCUT2D eigenvalue weighted by molar-refractivity contribution is -0.143. The predicted molar refractivity (Wildman–Crippen MR) is 90.5 cm³/mol. The number of aromatic nitrogens is 1. The minimum absolute atomic E-state index is 0.00857. The zero-order chi connectivity index (χ0) is 20.9. The number of nitrogens with one attached hydrogen (secondary N) is 1. The monoisotopic (exact) mass is 405 g/mol. The molecule has 0 bridgehead atoms. The van der Waals surface area contributed by atoms with Gasteiger partial charge in [-0.05, 0) is 37.4 Å². The first kappa shape index (κ1) is 21.7. The van der Waals surface area contributed by atoms with Gasteiger partial charge in [-0.3, -0.25) is 14.7 Å². The van der Waals surface area contributed by atoms with Gasteiger partial charge in [-0.25, -0.2) is 0 Å². The van der Waals surface area contributed by atoms with Crippen molar-refractivity contribution in [3.05, 3.63) is 59.4 Å². The van der Waals surface area contributed by atoms with Gasteiger partial charge in [0.15, 0.2) is 0 Å². The number of carbonyl (C=O) groups excluding carboxylic acids is 1. The van der Waals surface area contributed by atoms with Crippen LogP contribution in [0.15, 0.2) is 42.6 Å². The molecule has 0 atom stereocenters. The van der Waals surface area contributed by atoms with Gasteiger partial charge < -0.3 is 5.32 Å². The zero-order valence-corrected chi connectivity index (χ0v) is 14.7. The largest absolute Gasteiger partial charge is 0.416 e. The van der Waals surface area contributed by atoms with Crippen LogP contribution in [0.5, 0.6) is 0 Å². The first-order valence-corrected chi connectivity index (χ1v) is 8.13. The van der Waals surface area contributed by atoms with Crippen molar-refractivity contribution in [3.8, 4) is 0 Å². The van der Waals surface area contributed by atoms with E-state index in [1.807, 2.05) is 0 Å². The fourth-order valence-electron chi connectivity index (χ4n) is 2.40. The van der Waals surface area contributed by atoms with Crippen LogP contribution in [0.2, 0.25) is 0 Å². The van der Waals surface area contributed by atoms with Crippen LogP contribution in [-0.4, -0.2) is 35.9 Å². The summed E-state index contributed by atoms with van der Waals surface area (Å²) in [5.74, 6) is -0.726. The Hall–Kier alpha value is -2.62. The van der Waals surface area contributed by atoms with Crippen LogP contribution in [0.1, 0.15) is 16.8 Å². The third kappa shape index (κ3) is 6.52. The van der Waals surface area contributed by atoms with Gasteiger partial charge in [-0.15, -0.1) is 0 Å². The lowest BCUT2D eigenvalue weighted by atomic mass is 10.1. The van der Waals surface area contributed by atoms with Gasteiger partial charge in [0.25, 0.3) is 0 Å². The third-order valence-corrected chi connectivity index (χ3v) is 3.76. The van der Waals surface area contributed by atoms with Gasteiger partial charge in [0.2, 0.25) is 5.91 Å². The average Bonchev–Trinajstić information content (AvgIpc) is 2.59. The van der Waals surface area contributed by atoms with Gasteiger partial charge in [0.05, 0.1) is 17.7 Å². The number of nitrogens with zero attached hydrogens (tertiary/aromatic N) is 2. The van der Waals surface area contributed by atoms with Gasteiger partial charge in [0, 0.05) is 30.5 Å². The van der Waals surface area contributed by atoms with Crippen LogP contribution in [0.3, 0.4) is 0 Å². The molecule has 1 heterocycles. The van der Waals surface area contributed by atoms with Crippen LogP contribution in [0.4, 0.5) is 32.0 Å². The average molecular weight is 405 g/mol. The number of carbonyl (C=O) groups is 1. The molecule has 0 aliphatic carbocycles. The SMILES string of the molecule is CN(CCc1ccccn1)CC(=O)Nc1cc(C(F)(F)F)cc(C(F)(F)F)c1. The number of hydrogen-bond acceptors (Lipinski definition) is 3. The minimum Gasteiger partial charge on any atom is -0.325 e. The highest BCUT2D eigenvalue weighted by Crippen LogP contribution is 2.37. The van der Waals surface area contributed by atoms with E-state index in [2.05, 4.69) is 10.3 Å². The van der Waals surface area contributed by atoms with Crippen molar-refractivity contribution < 1.29 is 31.1 Å². The Balaban J connectivity index is 2.04. The van der Waals surface area contributed by atoms with Gasteiger partial charge >= 0.3 is 12.4 Å². The van der Waals surface area contributed by atoms with Crippen LogP contribution in [-0.2, 0) is 23.6 Å². The fourth-order valence-corrected chi connectivity index (χ4v) is 2.40. The molecule has 2 aromatic rings. The zero-order valence-electron chi connectivity index (χ0n) is 14.7. The Morgan fingerprint density at radius 2 is 1.64 bits per heavy atom. The lowest BCUT2D eigenvalue weighted by Crippen LogP contribution is -2.32. The second-order valence-electron chi connectivity index (χ2n) is 6.15. The number of benzene rings is 1. The van der Waals surface area contributed by atoms with Crippen molar-refractivity contribution in [2.75, 3.05) is 25.5 Å². The summed E-state index contributed by atoms with van der Waals surface area (Å²) in [4.78, 5) is 17.7. The molecule has 28 heavy (non-hydrogen) atoms. The quantitative estimate of drug-likeness (QED) is 0.732. The van der Waals surface area contributed by atoms with Crippen molar-refractivity contribution in [1.82, 2.24) is 9.88 Å². The van der Waals surface area contributed by atoms with Crippen LogP contribution in [0, 0.1) is 0 Å². The molecule has 2 rings (SSSR count). The number of alkyl halides is 6. The van der Waals surface area contributed by atoms with Gasteiger partial charge in [0.1, 0.15) is 0 Å². The first-order valence-electron chi connectivity index (χ1n) is 8.13. The van der Waals surface area contributed by atoms with E-state index >= 15 is 0 Å². The summed E-state index contributed by atoms with van der Waals surface area (Å²) >= 11 is 0. The number of pyridine rings is 1. The number of hydrogen-bond donors (Lipinski definition) is 1.